The lowest BCUT2D eigenvalue weighted by atomic mass is 10.3. The normalized spacial score (nSPS) is 10.2. The van der Waals surface area contributed by atoms with Crippen molar-refractivity contribution >= 4 is 33.4 Å². The average molecular weight is 281 g/mol. The number of hydrogen-bond donors (Lipinski definition) is 1. The zero-order chi connectivity index (χ0) is 10.7. The molecule has 2 aromatic rings. The van der Waals surface area contributed by atoms with Crippen LogP contribution in [0, 0.1) is 0 Å². The molecule has 4 heteroatoms. The van der Waals surface area contributed by atoms with Crippen molar-refractivity contribution < 1.29 is 0 Å². The first-order chi connectivity index (χ1) is 7.25. The maximum Gasteiger partial charge on any atom is 0.0335 e. The lowest BCUT2D eigenvalue weighted by molar-refractivity contribution is 1.26. The van der Waals surface area contributed by atoms with Gasteiger partial charge >= 0.3 is 0 Å². The third-order valence-electron chi connectivity index (χ3n) is 1.83. The van der Waals surface area contributed by atoms with Crippen LogP contribution in [0.2, 0.25) is 0 Å². The van der Waals surface area contributed by atoms with Crippen LogP contribution < -0.4 is 5.73 Å². The van der Waals surface area contributed by atoms with Gasteiger partial charge in [0.1, 0.15) is 0 Å². The van der Waals surface area contributed by atoms with Gasteiger partial charge in [-0.2, -0.15) is 0 Å². The second kappa shape index (κ2) is 4.68. The second-order valence-corrected chi connectivity index (χ2v) is 4.94. The van der Waals surface area contributed by atoms with E-state index in [0.29, 0.717) is 0 Å². The van der Waals surface area contributed by atoms with E-state index in [1.807, 2.05) is 30.3 Å². The summed E-state index contributed by atoms with van der Waals surface area (Å²) in [5.41, 5.74) is 6.44. The number of rotatable bonds is 2. The molecule has 2 N–H and O–H groups in total. The van der Waals surface area contributed by atoms with E-state index < -0.39 is 0 Å². The first-order valence-corrected chi connectivity index (χ1v) is 5.99. The first-order valence-electron chi connectivity index (χ1n) is 4.38. The van der Waals surface area contributed by atoms with E-state index in [1.54, 1.807) is 24.2 Å². The number of aromatic nitrogens is 1. The highest BCUT2D eigenvalue weighted by Gasteiger charge is 2.02. The number of halogens is 1. The Morgan fingerprint density at radius 1 is 1.13 bits per heavy atom. The molecular weight excluding hydrogens is 272 g/mol. The largest absolute Gasteiger partial charge is 0.399 e. The summed E-state index contributed by atoms with van der Waals surface area (Å²) >= 11 is 5.17. The van der Waals surface area contributed by atoms with Gasteiger partial charge in [0.25, 0.3) is 0 Å². The molecule has 0 spiro atoms. The van der Waals surface area contributed by atoms with Gasteiger partial charge in [-0.25, -0.2) is 0 Å². The first kappa shape index (κ1) is 10.5. The summed E-state index contributed by atoms with van der Waals surface area (Å²) in [4.78, 5) is 6.29. The van der Waals surface area contributed by atoms with Crippen LogP contribution in [-0.2, 0) is 0 Å². The maximum absolute atomic E-state index is 5.67. The molecule has 0 fully saturated rings. The summed E-state index contributed by atoms with van der Waals surface area (Å²) in [6.07, 6.45) is 3.57. The summed E-state index contributed by atoms with van der Waals surface area (Å²) in [6.45, 7) is 0. The molecule has 0 saturated carbocycles. The highest BCUT2D eigenvalue weighted by molar-refractivity contribution is 9.10. The van der Waals surface area contributed by atoms with Crippen LogP contribution in [0.15, 0.2) is 57.0 Å². The number of benzene rings is 1. The summed E-state index contributed by atoms with van der Waals surface area (Å²) in [5.74, 6) is 0. The van der Waals surface area contributed by atoms with Crippen molar-refractivity contribution in [2.75, 3.05) is 5.73 Å². The van der Waals surface area contributed by atoms with Crippen LogP contribution >= 0.6 is 27.7 Å². The minimum atomic E-state index is 0.765. The van der Waals surface area contributed by atoms with E-state index in [-0.39, 0.29) is 0 Å². The van der Waals surface area contributed by atoms with E-state index in [0.717, 1.165) is 20.0 Å². The molecule has 2 rings (SSSR count). The smallest absolute Gasteiger partial charge is 0.0335 e. The minimum Gasteiger partial charge on any atom is -0.399 e. The van der Waals surface area contributed by atoms with Crippen LogP contribution in [0.4, 0.5) is 5.69 Å². The lowest BCUT2D eigenvalue weighted by Crippen LogP contribution is -1.84. The molecule has 0 saturated heterocycles. The topological polar surface area (TPSA) is 38.9 Å². The third kappa shape index (κ3) is 2.73. The van der Waals surface area contributed by atoms with E-state index in [1.165, 1.54) is 0 Å². The van der Waals surface area contributed by atoms with Gasteiger partial charge in [-0.3, -0.25) is 4.98 Å². The number of pyridine rings is 1. The highest BCUT2D eigenvalue weighted by Crippen LogP contribution is 2.33. The Hall–Kier alpha value is -1.00. The van der Waals surface area contributed by atoms with Crippen LogP contribution in [-0.4, -0.2) is 4.98 Å². The van der Waals surface area contributed by atoms with Crippen molar-refractivity contribution in [2.24, 2.45) is 0 Å². The molecule has 0 aliphatic heterocycles. The number of nitrogen functional groups attached to an aromatic ring is 1. The molecule has 0 bridgehead atoms. The van der Waals surface area contributed by atoms with Crippen molar-refractivity contribution in [3.05, 3.63) is 47.2 Å². The molecule has 15 heavy (non-hydrogen) atoms. The van der Waals surface area contributed by atoms with E-state index in [4.69, 9.17) is 5.73 Å². The molecule has 76 valence electrons. The van der Waals surface area contributed by atoms with Gasteiger partial charge in [-0.05, 0) is 46.3 Å². The van der Waals surface area contributed by atoms with Crippen molar-refractivity contribution in [2.45, 2.75) is 9.79 Å². The second-order valence-electron chi connectivity index (χ2n) is 2.97. The minimum absolute atomic E-state index is 0.765. The predicted octanol–water partition coefficient (Wildman–Crippen LogP) is 3.58. The summed E-state index contributed by atoms with van der Waals surface area (Å²) in [6, 6.07) is 9.77. The maximum atomic E-state index is 5.67. The molecule has 1 aromatic heterocycles. The van der Waals surface area contributed by atoms with Gasteiger partial charge < -0.3 is 5.73 Å². The average Bonchev–Trinajstić information content (AvgIpc) is 2.24. The summed E-state index contributed by atoms with van der Waals surface area (Å²) in [7, 11) is 0. The molecule has 0 atom stereocenters. The molecule has 0 radical (unpaired) electrons. The molecule has 2 nitrogen and oxygen atoms in total. The van der Waals surface area contributed by atoms with E-state index in [9.17, 15) is 0 Å². The van der Waals surface area contributed by atoms with Crippen molar-refractivity contribution in [3.8, 4) is 0 Å². The number of anilines is 1. The van der Waals surface area contributed by atoms with Crippen LogP contribution in [0.1, 0.15) is 0 Å². The Morgan fingerprint density at radius 2 is 1.87 bits per heavy atom. The zero-order valence-corrected chi connectivity index (χ0v) is 10.3. The van der Waals surface area contributed by atoms with Crippen molar-refractivity contribution in [1.29, 1.82) is 0 Å². The van der Waals surface area contributed by atoms with Gasteiger partial charge in [-0.1, -0.05) is 11.8 Å². The Morgan fingerprint density at radius 3 is 2.53 bits per heavy atom. The molecule has 1 heterocycles. The quantitative estimate of drug-likeness (QED) is 0.855. The Kier molecular flexibility index (Phi) is 3.28. The molecule has 0 aliphatic rings. The van der Waals surface area contributed by atoms with E-state index >= 15 is 0 Å². The molecule has 0 amide bonds. The lowest BCUT2D eigenvalue weighted by Gasteiger charge is -2.04. The number of nitrogens with two attached hydrogens (primary N) is 1. The molecular formula is C11H9BrN2S. The highest BCUT2D eigenvalue weighted by atomic mass is 79.9. The van der Waals surface area contributed by atoms with Gasteiger partial charge in [0.2, 0.25) is 0 Å². The van der Waals surface area contributed by atoms with Crippen LogP contribution in [0.25, 0.3) is 0 Å². The van der Waals surface area contributed by atoms with Crippen molar-refractivity contribution in [3.63, 3.8) is 0 Å². The monoisotopic (exact) mass is 280 g/mol. The van der Waals surface area contributed by atoms with Gasteiger partial charge in [0.15, 0.2) is 0 Å². The fourth-order valence-electron chi connectivity index (χ4n) is 1.13. The van der Waals surface area contributed by atoms with Crippen molar-refractivity contribution in [1.82, 2.24) is 4.98 Å². The fourth-order valence-corrected chi connectivity index (χ4v) is 2.58. The van der Waals surface area contributed by atoms with Gasteiger partial charge in [0, 0.05) is 32.3 Å². The molecule has 0 aliphatic carbocycles. The predicted molar refractivity (Wildman–Crippen MR) is 66.9 cm³/mol. The standard InChI is InChI=1S/C11H9BrN2S/c12-10-7-8(13)1-2-11(10)15-9-3-5-14-6-4-9/h1-7H,13H2. The summed E-state index contributed by atoms with van der Waals surface area (Å²) in [5, 5.41) is 0. The fraction of sp³-hybridized carbons (Fsp3) is 0. The Bertz CT molecular complexity index is 459. The third-order valence-corrected chi connectivity index (χ3v) is 3.84. The summed E-state index contributed by atoms with van der Waals surface area (Å²) < 4.78 is 1.02. The van der Waals surface area contributed by atoms with Gasteiger partial charge in [0.05, 0.1) is 0 Å². The zero-order valence-electron chi connectivity index (χ0n) is 7.85. The van der Waals surface area contributed by atoms with E-state index in [2.05, 4.69) is 20.9 Å². The van der Waals surface area contributed by atoms with Crippen LogP contribution in [0.5, 0.6) is 0 Å². The number of nitrogens with zero attached hydrogens (tertiary/aromatic N) is 1. The Labute approximate surface area is 101 Å². The molecule has 1 aromatic carbocycles. The SMILES string of the molecule is Nc1ccc(Sc2ccncc2)c(Br)c1. The van der Waals surface area contributed by atoms with Gasteiger partial charge in [-0.15, -0.1) is 0 Å². The Balaban J connectivity index is 2.25. The molecule has 0 unspecified atom stereocenters. The number of hydrogen-bond acceptors (Lipinski definition) is 3. The van der Waals surface area contributed by atoms with Crippen LogP contribution in [0.3, 0.4) is 0 Å².